The molecule has 1 aromatic heterocycles. The summed E-state index contributed by atoms with van der Waals surface area (Å²) in [7, 11) is -2.17. The van der Waals surface area contributed by atoms with E-state index >= 15 is 0 Å². The second-order valence-electron chi connectivity index (χ2n) is 3.89. The van der Waals surface area contributed by atoms with Crippen LogP contribution in [0.5, 0.6) is 0 Å². The Kier molecular flexibility index (Phi) is 3.64. The van der Waals surface area contributed by atoms with E-state index in [1.807, 2.05) is 0 Å². The number of nitrogens with zero attached hydrogens (tertiary/aromatic N) is 3. The maximum absolute atomic E-state index is 12.3. The Morgan fingerprint density at radius 1 is 1.61 bits per heavy atom. The van der Waals surface area contributed by atoms with Gasteiger partial charge in [-0.15, -0.1) is 0 Å². The fourth-order valence-corrected chi connectivity index (χ4v) is 4.55. The lowest BCUT2D eigenvalue weighted by molar-refractivity contribution is -0.140. The van der Waals surface area contributed by atoms with Crippen molar-refractivity contribution in [2.75, 3.05) is 18.1 Å². The van der Waals surface area contributed by atoms with E-state index in [9.17, 15) is 13.2 Å². The molecule has 1 saturated heterocycles. The zero-order valence-corrected chi connectivity index (χ0v) is 11.3. The highest BCUT2D eigenvalue weighted by Gasteiger charge is 2.38. The van der Waals surface area contributed by atoms with Crippen molar-refractivity contribution in [3.8, 4) is 0 Å². The summed E-state index contributed by atoms with van der Waals surface area (Å²) in [4.78, 5) is 11.1. The van der Waals surface area contributed by atoms with Gasteiger partial charge in [-0.2, -0.15) is 21.2 Å². The molecule has 1 fully saturated rings. The quantitative estimate of drug-likeness (QED) is 0.815. The average Bonchev–Trinajstić information content (AvgIpc) is 2.76. The van der Waals surface area contributed by atoms with E-state index in [1.165, 1.54) is 28.8 Å². The minimum atomic E-state index is -3.78. The minimum absolute atomic E-state index is 0.0307. The molecule has 1 aromatic rings. The number of carboxylic acids is 1. The third kappa shape index (κ3) is 2.38. The molecule has 0 aliphatic carbocycles. The smallest absolute Gasteiger partial charge is 0.322 e. The zero-order chi connectivity index (χ0) is 13.3. The Morgan fingerprint density at radius 2 is 2.33 bits per heavy atom. The van der Waals surface area contributed by atoms with Gasteiger partial charge in [0.05, 0.1) is 6.20 Å². The molecule has 2 heterocycles. The van der Waals surface area contributed by atoms with Gasteiger partial charge >= 0.3 is 5.97 Å². The molecule has 0 aromatic carbocycles. The van der Waals surface area contributed by atoms with Crippen LogP contribution in [-0.4, -0.2) is 57.7 Å². The molecule has 0 saturated carbocycles. The standard InChI is InChI=1S/C9H13N3O4S2/c1-11-5-7(4-10-11)18(15,16)12-2-3-17-6-8(12)9(13)14/h4-5,8H,2-3,6H2,1H3,(H,13,14). The SMILES string of the molecule is Cn1cc(S(=O)(=O)N2CCSCC2C(=O)O)cn1. The number of thioether (sulfide) groups is 1. The second kappa shape index (κ2) is 4.90. The molecule has 1 aliphatic rings. The van der Waals surface area contributed by atoms with Gasteiger partial charge in [0, 0.05) is 31.3 Å². The van der Waals surface area contributed by atoms with Crippen molar-refractivity contribution in [1.29, 1.82) is 0 Å². The van der Waals surface area contributed by atoms with E-state index in [4.69, 9.17) is 5.11 Å². The Labute approximate surface area is 109 Å². The Morgan fingerprint density at radius 3 is 2.89 bits per heavy atom. The highest BCUT2D eigenvalue weighted by atomic mass is 32.2. The summed E-state index contributed by atoms with van der Waals surface area (Å²) < 4.78 is 27.1. The lowest BCUT2D eigenvalue weighted by Crippen LogP contribution is -2.50. The number of sulfonamides is 1. The van der Waals surface area contributed by atoms with Crippen LogP contribution in [0.3, 0.4) is 0 Å². The summed E-state index contributed by atoms with van der Waals surface area (Å²) in [5, 5.41) is 12.9. The predicted octanol–water partition coefficient (Wildman–Crippen LogP) is -0.389. The Hall–Kier alpha value is -1.06. The summed E-state index contributed by atoms with van der Waals surface area (Å²) in [6.07, 6.45) is 2.60. The van der Waals surface area contributed by atoms with E-state index in [1.54, 1.807) is 7.05 Å². The molecule has 0 bridgehead atoms. The van der Waals surface area contributed by atoms with Gasteiger partial charge in [0.15, 0.2) is 0 Å². The van der Waals surface area contributed by atoms with Crippen molar-refractivity contribution in [3.05, 3.63) is 12.4 Å². The molecule has 0 spiro atoms. The van der Waals surface area contributed by atoms with Gasteiger partial charge in [-0.1, -0.05) is 0 Å². The molecule has 0 radical (unpaired) electrons. The van der Waals surface area contributed by atoms with Crippen molar-refractivity contribution in [3.63, 3.8) is 0 Å². The molecule has 1 N–H and O–H groups in total. The summed E-state index contributed by atoms with van der Waals surface area (Å²) in [6, 6.07) is -1.01. The van der Waals surface area contributed by atoms with Crippen LogP contribution in [-0.2, 0) is 21.9 Å². The molecule has 1 atom stereocenters. The minimum Gasteiger partial charge on any atom is -0.480 e. The van der Waals surface area contributed by atoms with Crippen LogP contribution < -0.4 is 0 Å². The van der Waals surface area contributed by atoms with Gasteiger partial charge in [-0.05, 0) is 0 Å². The third-order valence-corrected chi connectivity index (χ3v) is 5.54. The summed E-state index contributed by atoms with van der Waals surface area (Å²) in [5.41, 5.74) is 0. The van der Waals surface area contributed by atoms with Crippen LogP contribution in [0.4, 0.5) is 0 Å². The number of hydrogen-bond donors (Lipinski definition) is 1. The molecule has 2 rings (SSSR count). The first-order valence-corrected chi connectivity index (χ1v) is 7.83. The van der Waals surface area contributed by atoms with Gasteiger partial charge in [-0.3, -0.25) is 9.48 Å². The number of carbonyl (C=O) groups is 1. The van der Waals surface area contributed by atoms with E-state index in [-0.39, 0.29) is 17.2 Å². The largest absolute Gasteiger partial charge is 0.480 e. The molecule has 9 heteroatoms. The maximum atomic E-state index is 12.3. The van der Waals surface area contributed by atoms with E-state index in [0.29, 0.717) is 5.75 Å². The van der Waals surface area contributed by atoms with Crippen LogP contribution in [0.15, 0.2) is 17.3 Å². The second-order valence-corrected chi connectivity index (χ2v) is 6.93. The summed E-state index contributed by atoms with van der Waals surface area (Å²) in [5.74, 6) is -0.243. The first-order valence-electron chi connectivity index (χ1n) is 5.24. The first kappa shape index (κ1) is 13.4. The number of hydrogen-bond acceptors (Lipinski definition) is 5. The highest BCUT2D eigenvalue weighted by Crippen LogP contribution is 2.24. The van der Waals surface area contributed by atoms with Crippen LogP contribution in [0.1, 0.15) is 0 Å². The van der Waals surface area contributed by atoms with E-state index in [0.717, 1.165) is 4.31 Å². The number of aliphatic carboxylic acids is 1. The number of aryl methyl sites for hydroxylation is 1. The van der Waals surface area contributed by atoms with Gasteiger partial charge in [0.2, 0.25) is 10.0 Å². The summed E-state index contributed by atoms with van der Waals surface area (Å²) >= 11 is 1.44. The van der Waals surface area contributed by atoms with Crippen molar-refractivity contribution in [2.24, 2.45) is 7.05 Å². The first-order chi connectivity index (χ1) is 8.43. The zero-order valence-electron chi connectivity index (χ0n) is 9.68. The van der Waals surface area contributed by atoms with Crippen LogP contribution in [0, 0.1) is 0 Å². The topological polar surface area (TPSA) is 92.5 Å². The number of aromatic nitrogens is 2. The highest BCUT2D eigenvalue weighted by molar-refractivity contribution is 7.99. The van der Waals surface area contributed by atoms with Crippen molar-refractivity contribution in [1.82, 2.24) is 14.1 Å². The van der Waals surface area contributed by atoms with E-state index in [2.05, 4.69) is 5.10 Å². The maximum Gasteiger partial charge on any atom is 0.322 e. The summed E-state index contributed by atoms with van der Waals surface area (Å²) in [6.45, 7) is 0.207. The van der Waals surface area contributed by atoms with Crippen molar-refractivity contribution in [2.45, 2.75) is 10.9 Å². The van der Waals surface area contributed by atoms with Gasteiger partial charge in [-0.25, -0.2) is 8.42 Å². The van der Waals surface area contributed by atoms with Crippen LogP contribution in [0.25, 0.3) is 0 Å². The molecule has 0 amide bonds. The molecule has 100 valence electrons. The van der Waals surface area contributed by atoms with Crippen molar-refractivity contribution >= 4 is 27.8 Å². The monoisotopic (exact) mass is 291 g/mol. The van der Waals surface area contributed by atoms with Gasteiger partial charge in [0.25, 0.3) is 0 Å². The van der Waals surface area contributed by atoms with Crippen molar-refractivity contribution < 1.29 is 18.3 Å². The molecule has 7 nitrogen and oxygen atoms in total. The molecule has 1 aliphatic heterocycles. The molecular formula is C9H13N3O4S2. The van der Waals surface area contributed by atoms with Gasteiger partial charge in [0.1, 0.15) is 10.9 Å². The third-order valence-electron chi connectivity index (χ3n) is 2.65. The van der Waals surface area contributed by atoms with Crippen LogP contribution in [0.2, 0.25) is 0 Å². The van der Waals surface area contributed by atoms with E-state index < -0.39 is 22.0 Å². The van der Waals surface area contributed by atoms with Crippen LogP contribution >= 0.6 is 11.8 Å². The lowest BCUT2D eigenvalue weighted by Gasteiger charge is -2.30. The lowest BCUT2D eigenvalue weighted by atomic mass is 10.3. The fraction of sp³-hybridized carbons (Fsp3) is 0.556. The fourth-order valence-electron chi connectivity index (χ4n) is 1.74. The number of rotatable bonds is 3. The normalized spacial score (nSPS) is 21.9. The van der Waals surface area contributed by atoms with Gasteiger partial charge < -0.3 is 5.11 Å². The molecule has 1 unspecified atom stereocenters. The molecular weight excluding hydrogens is 278 g/mol. The predicted molar refractivity (Wildman–Crippen MR) is 65.8 cm³/mol. The number of carboxylic acid groups (broad SMARTS) is 1. The average molecular weight is 291 g/mol. The Bertz CT molecular complexity index is 554. The molecule has 18 heavy (non-hydrogen) atoms. The Balaban J connectivity index is 2.36.